The lowest BCUT2D eigenvalue weighted by Gasteiger charge is -2.08. The zero-order valence-corrected chi connectivity index (χ0v) is 7.95. The van der Waals surface area contributed by atoms with Gasteiger partial charge in [-0.3, -0.25) is 4.79 Å². The Morgan fingerprint density at radius 3 is 2.38 bits per heavy atom. The van der Waals surface area contributed by atoms with E-state index in [1.165, 1.54) is 0 Å². The third kappa shape index (κ3) is 2.72. The summed E-state index contributed by atoms with van der Waals surface area (Å²) in [5.74, 6) is -0.959. The number of aliphatic imine (C=N–C) groups is 1. The van der Waals surface area contributed by atoms with Gasteiger partial charge < -0.3 is 11.5 Å². The topological polar surface area (TPSA) is 81.5 Å². The second-order valence-corrected chi connectivity index (χ2v) is 2.91. The molecule has 0 aromatic heterocycles. The van der Waals surface area contributed by atoms with E-state index in [0.29, 0.717) is 6.07 Å². The average molecular weight is 231 g/mol. The number of nitrogens with zero attached hydrogens (tertiary/aromatic N) is 1. The van der Waals surface area contributed by atoms with Gasteiger partial charge in [0.1, 0.15) is 0 Å². The van der Waals surface area contributed by atoms with Crippen LogP contribution >= 0.6 is 0 Å². The number of carbonyl (C=O) groups excluding carboxylic acids is 1. The summed E-state index contributed by atoms with van der Waals surface area (Å²) in [4.78, 5) is 14.3. The lowest BCUT2D eigenvalue weighted by molar-refractivity contribution is -0.137. The molecule has 4 nitrogen and oxygen atoms in total. The predicted molar refractivity (Wildman–Crippen MR) is 52.3 cm³/mol. The zero-order chi connectivity index (χ0) is 12.3. The number of alkyl halides is 3. The van der Waals surface area contributed by atoms with Gasteiger partial charge in [0.15, 0.2) is 0 Å². The second kappa shape index (κ2) is 4.21. The molecule has 0 radical (unpaired) electrons. The van der Waals surface area contributed by atoms with Crippen molar-refractivity contribution in [3.8, 4) is 0 Å². The number of nitrogens with two attached hydrogens (primary N) is 2. The minimum absolute atomic E-state index is 0.0777. The Kier molecular flexibility index (Phi) is 3.17. The van der Waals surface area contributed by atoms with Gasteiger partial charge in [0.2, 0.25) is 5.91 Å². The van der Waals surface area contributed by atoms with E-state index in [-0.39, 0.29) is 11.3 Å². The minimum atomic E-state index is -4.57. The van der Waals surface area contributed by atoms with Gasteiger partial charge in [0, 0.05) is 5.56 Å². The molecule has 7 heteroatoms. The first-order chi connectivity index (χ1) is 7.34. The molecular weight excluding hydrogens is 223 g/mol. The molecule has 86 valence electrons. The van der Waals surface area contributed by atoms with E-state index in [1.54, 1.807) is 0 Å². The summed E-state index contributed by atoms with van der Waals surface area (Å²) in [6, 6.07) is 2.56. The molecule has 0 saturated heterocycles. The van der Waals surface area contributed by atoms with E-state index in [0.717, 1.165) is 18.5 Å². The van der Waals surface area contributed by atoms with Gasteiger partial charge in [-0.1, -0.05) is 0 Å². The summed E-state index contributed by atoms with van der Waals surface area (Å²) in [5, 5.41) is 0. The highest BCUT2D eigenvalue weighted by Gasteiger charge is 2.31. The van der Waals surface area contributed by atoms with Gasteiger partial charge in [0.05, 0.1) is 17.6 Å². The Balaban J connectivity index is 3.35. The van der Waals surface area contributed by atoms with E-state index in [4.69, 9.17) is 11.5 Å². The largest absolute Gasteiger partial charge is 0.416 e. The first-order valence-corrected chi connectivity index (χ1v) is 4.11. The number of halogens is 3. The third-order valence-corrected chi connectivity index (χ3v) is 1.75. The van der Waals surface area contributed by atoms with E-state index in [9.17, 15) is 18.0 Å². The molecule has 1 aromatic carbocycles. The molecule has 0 bridgehead atoms. The first-order valence-electron chi connectivity index (χ1n) is 4.11. The fraction of sp³-hybridized carbons (Fsp3) is 0.111. The molecule has 0 unspecified atom stereocenters. The summed E-state index contributed by atoms with van der Waals surface area (Å²) < 4.78 is 37.2. The van der Waals surface area contributed by atoms with Gasteiger partial charge in [0.25, 0.3) is 0 Å². The fourth-order valence-corrected chi connectivity index (χ4v) is 1.08. The molecule has 0 spiro atoms. The van der Waals surface area contributed by atoms with Crippen LogP contribution in [0.15, 0.2) is 23.2 Å². The van der Waals surface area contributed by atoms with Crippen molar-refractivity contribution < 1.29 is 18.0 Å². The van der Waals surface area contributed by atoms with Crippen molar-refractivity contribution in [2.24, 2.45) is 16.5 Å². The number of hydrogen-bond acceptors (Lipinski definition) is 2. The maximum atomic E-state index is 12.4. The van der Waals surface area contributed by atoms with Gasteiger partial charge in [-0.25, -0.2) is 4.99 Å². The van der Waals surface area contributed by atoms with Crippen molar-refractivity contribution in [1.29, 1.82) is 0 Å². The molecule has 1 aromatic rings. The van der Waals surface area contributed by atoms with Crippen molar-refractivity contribution in [3.05, 3.63) is 29.3 Å². The Bertz CT molecular complexity index is 440. The van der Waals surface area contributed by atoms with Crippen LogP contribution in [0.5, 0.6) is 0 Å². The molecule has 1 amide bonds. The zero-order valence-electron chi connectivity index (χ0n) is 7.95. The highest BCUT2D eigenvalue weighted by Crippen LogP contribution is 2.32. The minimum Gasteiger partial charge on any atom is -0.390 e. The lowest BCUT2D eigenvalue weighted by atomic mass is 10.1. The molecule has 4 N–H and O–H groups in total. The summed E-state index contributed by atoms with van der Waals surface area (Å²) in [5.41, 5.74) is 8.52. The molecule has 0 atom stereocenters. The normalized spacial score (nSPS) is 11.9. The maximum Gasteiger partial charge on any atom is 0.416 e. The average Bonchev–Trinajstić information content (AvgIpc) is 2.16. The number of amides is 1. The van der Waals surface area contributed by atoms with Crippen LogP contribution in [0.25, 0.3) is 0 Å². The maximum absolute atomic E-state index is 12.4. The molecule has 1 rings (SSSR count). The number of carbonyl (C=O) groups is 1. The van der Waals surface area contributed by atoms with Gasteiger partial charge in [-0.15, -0.1) is 0 Å². The number of rotatable bonds is 2. The number of hydrogen-bond donors (Lipinski definition) is 2. The van der Waals surface area contributed by atoms with Crippen molar-refractivity contribution >= 4 is 17.9 Å². The van der Waals surface area contributed by atoms with Crippen molar-refractivity contribution in [2.75, 3.05) is 0 Å². The molecule has 0 aliphatic carbocycles. The first kappa shape index (κ1) is 12.0. The molecule has 0 saturated carbocycles. The summed E-state index contributed by atoms with van der Waals surface area (Å²) in [7, 11) is 0. The summed E-state index contributed by atoms with van der Waals surface area (Å²) >= 11 is 0. The molecule has 0 aliphatic rings. The third-order valence-electron chi connectivity index (χ3n) is 1.75. The summed E-state index contributed by atoms with van der Waals surface area (Å²) in [6.45, 7) is 0. The smallest absolute Gasteiger partial charge is 0.390 e. The van der Waals surface area contributed by atoms with Crippen LogP contribution in [0.4, 0.5) is 18.9 Å². The highest BCUT2D eigenvalue weighted by molar-refractivity contribution is 5.94. The van der Waals surface area contributed by atoms with Crippen LogP contribution < -0.4 is 11.5 Å². The SMILES string of the molecule is NC=Nc1cc(C(N)=O)cc(C(F)(F)F)c1. The van der Waals surface area contributed by atoms with Crippen LogP contribution in [0.2, 0.25) is 0 Å². The van der Waals surface area contributed by atoms with E-state index >= 15 is 0 Å². The Labute approximate surface area is 88.8 Å². The van der Waals surface area contributed by atoms with Crippen molar-refractivity contribution in [1.82, 2.24) is 0 Å². The van der Waals surface area contributed by atoms with Crippen LogP contribution in [0.3, 0.4) is 0 Å². The van der Waals surface area contributed by atoms with E-state index in [1.807, 2.05) is 0 Å². The van der Waals surface area contributed by atoms with Crippen LogP contribution in [0.1, 0.15) is 15.9 Å². The standard InChI is InChI=1S/C9H8F3N3O/c10-9(11,12)6-1-5(8(14)16)2-7(3-6)15-4-13/h1-4H,(H2,13,15)(H2,14,16). The molecule has 16 heavy (non-hydrogen) atoms. The van der Waals surface area contributed by atoms with Gasteiger partial charge in [-0.2, -0.15) is 13.2 Å². The predicted octanol–water partition coefficient (Wildman–Crippen LogP) is 1.42. The molecule has 0 fully saturated rings. The Morgan fingerprint density at radius 1 is 1.31 bits per heavy atom. The molecule has 0 heterocycles. The second-order valence-electron chi connectivity index (χ2n) is 2.91. The molecular formula is C9H8F3N3O. The van der Waals surface area contributed by atoms with Crippen LogP contribution in [-0.2, 0) is 6.18 Å². The van der Waals surface area contributed by atoms with Gasteiger partial charge in [-0.05, 0) is 18.2 Å². The van der Waals surface area contributed by atoms with Gasteiger partial charge >= 0.3 is 6.18 Å². The quantitative estimate of drug-likeness (QED) is 0.596. The number of benzene rings is 1. The van der Waals surface area contributed by atoms with Crippen molar-refractivity contribution in [3.63, 3.8) is 0 Å². The monoisotopic (exact) mass is 231 g/mol. The van der Waals surface area contributed by atoms with E-state index in [2.05, 4.69) is 4.99 Å². The van der Waals surface area contributed by atoms with Crippen LogP contribution in [-0.4, -0.2) is 12.2 Å². The lowest BCUT2D eigenvalue weighted by Crippen LogP contribution is -2.13. The number of primary amides is 1. The fourth-order valence-electron chi connectivity index (χ4n) is 1.08. The Hall–Kier alpha value is -2.05. The summed E-state index contributed by atoms with van der Waals surface area (Å²) in [6.07, 6.45) is -3.73. The van der Waals surface area contributed by atoms with Crippen LogP contribution in [0, 0.1) is 0 Å². The van der Waals surface area contributed by atoms with Crippen molar-refractivity contribution in [2.45, 2.75) is 6.18 Å². The highest BCUT2D eigenvalue weighted by atomic mass is 19.4. The van der Waals surface area contributed by atoms with E-state index < -0.39 is 17.6 Å². The molecule has 0 aliphatic heterocycles. The Morgan fingerprint density at radius 2 is 1.94 bits per heavy atom.